The van der Waals surface area contributed by atoms with Crippen molar-refractivity contribution < 1.29 is 27.5 Å². The first-order chi connectivity index (χ1) is 14.3. The standard InChI is InChI=1S/C18H18N4O7S/c1-28-13-3-2-10(30(26,27)21-4-6-29-7-5-21)8-12(13)22-14(23)9-11-15(16(22)19)18(25)20-17(11)24/h2-3,8-9H,4-7,19H2,1H3,(H,20,24,25). The van der Waals surface area contributed by atoms with E-state index in [1.54, 1.807) is 0 Å². The Morgan fingerprint density at radius 2 is 1.80 bits per heavy atom. The van der Waals surface area contributed by atoms with Gasteiger partial charge >= 0.3 is 0 Å². The molecule has 0 spiro atoms. The summed E-state index contributed by atoms with van der Waals surface area (Å²) >= 11 is 0. The first-order valence-corrected chi connectivity index (χ1v) is 10.4. The Morgan fingerprint density at radius 3 is 2.47 bits per heavy atom. The number of aromatic nitrogens is 1. The molecule has 2 aliphatic rings. The number of methoxy groups -OCH3 is 1. The zero-order chi connectivity index (χ0) is 21.6. The molecule has 3 N–H and O–H groups in total. The molecule has 4 rings (SSSR count). The minimum absolute atomic E-state index is 0.0317. The first kappa shape index (κ1) is 20.1. The number of anilines is 1. The van der Waals surface area contributed by atoms with Gasteiger partial charge in [0.05, 0.1) is 42.0 Å². The molecule has 0 radical (unpaired) electrons. The van der Waals surface area contributed by atoms with Crippen LogP contribution in [0.25, 0.3) is 5.69 Å². The van der Waals surface area contributed by atoms with Gasteiger partial charge in [0.15, 0.2) is 0 Å². The van der Waals surface area contributed by atoms with E-state index in [9.17, 15) is 22.8 Å². The number of nitrogens with one attached hydrogen (secondary N) is 1. The van der Waals surface area contributed by atoms with Crippen LogP contribution in [0.3, 0.4) is 0 Å². The van der Waals surface area contributed by atoms with E-state index in [0.29, 0.717) is 0 Å². The largest absolute Gasteiger partial charge is 0.495 e. The van der Waals surface area contributed by atoms with Gasteiger partial charge in [-0.2, -0.15) is 4.31 Å². The molecule has 11 nitrogen and oxygen atoms in total. The van der Waals surface area contributed by atoms with E-state index >= 15 is 0 Å². The zero-order valence-electron chi connectivity index (χ0n) is 15.9. The van der Waals surface area contributed by atoms with E-state index in [4.69, 9.17) is 15.2 Å². The number of ether oxygens (including phenoxy) is 2. The van der Waals surface area contributed by atoms with Gasteiger partial charge in [-0.1, -0.05) is 0 Å². The number of rotatable bonds is 4. The van der Waals surface area contributed by atoms with Gasteiger partial charge in [-0.05, 0) is 18.2 Å². The second kappa shape index (κ2) is 7.23. The van der Waals surface area contributed by atoms with E-state index in [2.05, 4.69) is 5.32 Å². The molecule has 0 unspecified atom stereocenters. The normalized spacial score (nSPS) is 17.0. The molecular weight excluding hydrogens is 416 g/mol. The second-order valence-electron chi connectivity index (χ2n) is 6.63. The van der Waals surface area contributed by atoms with Crippen LogP contribution in [0.5, 0.6) is 5.75 Å². The van der Waals surface area contributed by atoms with Crippen molar-refractivity contribution in [2.24, 2.45) is 0 Å². The van der Waals surface area contributed by atoms with E-state index in [1.165, 1.54) is 29.6 Å². The van der Waals surface area contributed by atoms with Gasteiger partial charge in [0.1, 0.15) is 11.6 Å². The number of carbonyl (C=O) groups is 2. The van der Waals surface area contributed by atoms with Gasteiger partial charge < -0.3 is 15.2 Å². The number of carbonyl (C=O) groups excluding carboxylic acids is 2. The molecule has 158 valence electrons. The second-order valence-corrected chi connectivity index (χ2v) is 8.56. The summed E-state index contributed by atoms with van der Waals surface area (Å²) in [5.41, 5.74) is 5.10. The van der Waals surface area contributed by atoms with Crippen molar-refractivity contribution in [3.05, 3.63) is 45.7 Å². The smallest absolute Gasteiger partial charge is 0.262 e. The molecule has 12 heteroatoms. The predicted octanol–water partition coefficient (Wildman–Crippen LogP) is -0.667. The predicted molar refractivity (Wildman–Crippen MR) is 104 cm³/mol. The number of nitrogens with zero attached hydrogens (tertiary/aromatic N) is 2. The summed E-state index contributed by atoms with van der Waals surface area (Å²) in [6, 6.07) is 4.99. The molecule has 1 aromatic heterocycles. The van der Waals surface area contributed by atoms with Gasteiger partial charge in [0.25, 0.3) is 17.4 Å². The van der Waals surface area contributed by atoms with Crippen molar-refractivity contribution in [1.29, 1.82) is 0 Å². The van der Waals surface area contributed by atoms with Crippen LogP contribution in [0.15, 0.2) is 34.0 Å². The highest BCUT2D eigenvalue weighted by atomic mass is 32.2. The SMILES string of the molecule is COc1ccc(S(=O)(=O)N2CCOCC2)cc1-n1c(N)c2c(cc1=O)C(=O)NC2=O. The number of sulfonamides is 1. The summed E-state index contributed by atoms with van der Waals surface area (Å²) in [6.45, 7) is 0.963. The fraction of sp³-hybridized carbons (Fsp3) is 0.278. The topological polar surface area (TPSA) is 150 Å². The summed E-state index contributed by atoms with van der Waals surface area (Å²) in [4.78, 5) is 36.6. The summed E-state index contributed by atoms with van der Waals surface area (Å²) in [5.74, 6) is -1.59. The highest BCUT2D eigenvalue weighted by Crippen LogP contribution is 2.31. The fourth-order valence-electron chi connectivity index (χ4n) is 3.47. The van der Waals surface area contributed by atoms with Gasteiger partial charge in [-0.25, -0.2) is 8.42 Å². The lowest BCUT2D eigenvalue weighted by molar-refractivity contribution is 0.0730. The number of amides is 2. The van der Waals surface area contributed by atoms with E-state index in [1.807, 2.05) is 0 Å². The van der Waals surface area contributed by atoms with Gasteiger partial charge in [-0.3, -0.25) is 24.3 Å². The Kier molecular flexibility index (Phi) is 4.84. The van der Waals surface area contributed by atoms with Gasteiger partial charge in [-0.15, -0.1) is 0 Å². The van der Waals surface area contributed by atoms with Crippen LogP contribution < -0.4 is 21.3 Å². The van der Waals surface area contributed by atoms with E-state index in [0.717, 1.165) is 10.6 Å². The quantitative estimate of drug-likeness (QED) is 0.602. The van der Waals surface area contributed by atoms with Crippen molar-refractivity contribution in [1.82, 2.24) is 14.2 Å². The summed E-state index contributed by atoms with van der Waals surface area (Å²) in [6.07, 6.45) is 0. The number of nitrogens with two attached hydrogens (primary N) is 1. The number of imide groups is 1. The fourth-order valence-corrected chi connectivity index (χ4v) is 4.90. The van der Waals surface area contributed by atoms with Gasteiger partial charge in [0, 0.05) is 19.2 Å². The number of fused-ring (bicyclic) bond motifs is 1. The number of nitrogen functional groups attached to an aromatic ring is 1. The Morgan fingerprint density at radius 1 is 1.10 bits per heavy atom. The maximum absolute atomic E-state index is 13.0. The summed E-state index contributed by atoms with van der Waals surface area (Å²) in [7, 11) is -2.52. The van der Waals surface area contributed by atoms with Crippen LogP contribution in [0, 0.1) is 0 Å². The summed E-state index contributed by atoms with van der Waals surface area (Å²) < 4.78 is 38.8. The summed E-state index contributed by atoms with van der Waals surface area (Å²) in [5, 5.41) is 2.08. The number of hydrogen-bond donors (Lipinski definition) is 2. The number of hydrogen-bond acceptors (Lipinski definition) is 8. The minimum atomic E-state index is -3.87. The molecule has 0 aliphatic carbocycles. The average molecular weight is 434 g/mol. The molecule has 3 heterocycles. The van der Waals surface area contributed by atoms with Crippen LogP contribution in [-0.4, -0.2) is 62.5 Å². The number of morpholine rings is 1. The molecule has 0 saturated carbocycles. The van der Waals surface area contributed by atoms with Crippen molar-refractivity contribution in [2.75, 3.05) is 39.1 Å². The van der Waals surface area contributed by atoms with Crippen molar-refractivity contribution in [3.8, 4) is 11.4 Å². The first-order valence-electron chi connectivity index (χ1n) is 8.93. The lowest BCUT2D eigenvalue weighted by Gasteiger charge is -2.26. The molecule has 1 fully saturated rings. The molecule has 2 aliphatic heterocycles. The number of benzene rings is 1. The van der Waals surface area contributed by atoms with Crippen LogP contribution >= 0.6 is 0 Å². The van der Waals surface area contributed by atoms with E-state index in [-0.39, 0.29) is 59.6 Å². The third-order valence-corrected chi connectivity index (χ3v) is 6.85. The molecule has 2 aromatic rings. The highest BCUT2D eigenvalue weighted by molar-refractivity contribution is 7.89. The molecule has 1 aromatic carbocycles. The molecule has 0 bridgehead atoms. The maximum atomic E-state index is 13.0. The lowest BCUT2D eigenvalue weighted by atomic mass is 10.1. The zero-order valence-corrected chi connectivity index (χ0v) is 16.7. The Bertz CT molecular complexity index is 1230. The van der Waals surface area contributed by atoms with E-state index < -0.39 is 27.4 Å². The van der Waals surface area contributed by atoms with Crippen molar-refractivity contribution >= 4 is 27.7 Å². The minimum Gasteiger partial charge on any atom is -0.495 e. The van der Waals surface area contributed by atoms with Crippen LogP contribution in [0.1, 0.15) is 20.7 Å². The van der Waals surface area contributed by atoms with Crippen molar-refractivity contribution in [2.45, 2.75) is 4.90 Å². The Hall–Kier alpha value is -3.22. The van der Waals surface area contributed by atoms with Crippen LogP contribution in [-0.2, 0) is 14.8 Å². The average Bonchev–Trinajstić information content (AvgIpc) is 3.01. The third kappa shape index (κ3) is 3.05. The monoisotopic (exact) mass is 434 g/mol. The highest BCUT2D eigenvalue weighted by Gasteiger charge is 2.33. The van der Waals surface area contributed by atoms with Crippen LogP contribution in [0.2, 0.25) is 0 Å². The van der Waals surface area contributed by atoms with Gasteiger partial charge in [0.2, 0.25) is 10.0 Å². The Labute approximate surface area is 171 Å². The lowest BCUT2D eigenvalue weighted by Crippen LogP contribution is -2.40. The molecule has 2 amide bonds. The molecule has 30 heavy (non-hydrogen) atoms. The molecular formula is C18H18N4O7S. The number of pyridine rings is 1. The maximum Gasteiger partial charge on any atom is 0.262 e. The Balaban J connectivity index is 1.91. The van der Waals surface area contributed by atoms with Crippen LogP contribution in [0.4, 0.5) is 5.82 Å². The molecule has 1 saturated heterocycles. The molecule has 0 atom stereocenters. The van der Waals surface area contributed by atoms with Crippen molar-refractivity contribution in [3.63, 3.8) is 0 Å². The third-order valence-electron chi connectivity index (χ3n) is 4.95.